The highest BCUT2D eigenvalue weighted by atomic mass is 79.9. The molecule has 0 spiro atoms. The van der Waals surface area contributed by atoms with E-state index in [1.165, 1.54) is 6.20 Å². The van der Waals surface area contributed by atoms with Crippen LogP contribution in [0.1, 0.15) is 13.3 Å². The molecule has 0 saturated carbocycles. The van der Waals surface area contributed by atoms with Crippen LogP contribution in [0, 0.1) is 0 Å². The van der Waals surface area contributed by atoms with Gasteiger partial charge in [0.25, 0.3) is 0 Å². The van der Waals surface area contributed by atoms with Crippen LogP contribution in [0.15, 0.2) is 22.8 Å². The highest BCUT2D eigenvalue weighted by molar-refractivity contribution is 9.11. The van der Waals surface area contributed by atoms with Gasteiger partial charge in [0.15, 0.2) is 0 Å². The third kappa shape index (κ3) is 3.93. The van der Waals surface area contributed by atoms with Crippen LogP contribution in [-0.4, -0.2) is 0 Å². The molecule has 0 aliphatic heterocycles. The smallest absolute Gasteiger partial charge is 0.0326 e. The van der Waals surface area contributed by atoms with Gasteiger partial charge >= 0.3 is 0 Å². The number of allylic oxidation sites excluding steroid dienone is 3. The monoisotopic (exact) mass is 175 g/mol. The summed E-state index contributed by atoms with van der Waals surface area (Å²) in [5, 5.41) is 0. The predicted octanol–water partition coefficient (Wildman–Crippen LogP) is 2.15. The van der Waals surface area contributed by atoms with Crippen molar-refractivity contribution in [2.24, 2.45) is 5.73 Å². The standard InChI is InChI=1S/C6H10BrN/c1-2-3-4-6(7)5-8/h3-5H,2,8H2,1H3/b4-3-,6-5+. The average molecular weight is 176 g/mol. The van der Waals surface area contributed by atoms with Gasteiger partial charge in [-0.2, -0.15) is 0 Å². The Kier molecular flexibility index (Phi) is 4.76. The molecule has 0 fully saturated rings. The van der Waals surface area contributed by atoms with Crippen molar-refractivity contribution in [3.63, 3.8) is 0 Å². The lowest BCUT2D eigenvalue weighted by Crippen LogP contribution is -1.76. The lowest BCUT2D eigenvalue weighted by molar-refractivity contribution is 1.22. The van der Waals surface area contributed by atoms with Crippen LogP contribution in [0.2, 0.25) is 0 Å². The first-order valence-corrected chi connectivity index (χ1v) is 3.34. The molecule has 0 radical (unpaired) electrons. The van der Waals surface area contributed by atoms with Crippen LogP contribution >= 0.6 is 15.9 Å². The van der Waals surface area contributed by atoms with E-state index in [1.807, 2.05) is 12.2 Å². The molecule has 0 aliphatic rings. The summed E-state index contributed by atoms with van der Waals surface area (Å²) < 4.78 is 0.930. The average Bonchev–Trinajstić information content (AvgIpc) is 1.83. The largest absolute Gasteiger partial charge is 0.404 e. The summed E-state index contributed by atoms with van der Waals surface area (Å²) in [7, 11) is 0. The molecule has 0 aromatic rings. The zero-order valence-corrected chi connectivity index (χ0v) is 6.48. The molecule has 0 saturated heterocycles. The van der Waals surface area contributed by atoms with Gasteiger partial charge in [0, 0.05) is 10.7 Å². The topological polar surface area (TPSA) is 26.0 Å². The van der Waals surface area contributed by atoms with E-state index in [2.05, 4.69) is 22.9 Å². The van der Waals surface area contributed by atoms with Crippen LogP contribution in [0.5, 0.6) is 0 Å². The maximum absolute atomic E-state index is 5.15. The normalized spacial score (nSPS) is 13.0. The van der Waals surface area contributed by atoms with Crippen LogP contribution in [0.3, 0.4) is 0 Å². The molecule has 0 aliphatic carbocycles. The van der Waals surface area contributed by atoms with E-state index < -0.39 is 0 Å². The van der Waals surface area contributed by atoms with E-state index >= 15 is 0 Å². The molecule has 0 aromatic heterocycles. The van der Waals surface area contributed by atoms with Crippen molar-refractivity contribution in [2.75, 3.05) is 0 Å². The van der Waals surface area contributed by atoms with Crippen molar-refractivity contribution < 1.29 is 0 Å². The minimum Gasteiger partial charge on any atom is -0.404 e. The number of rotatable bonds is 2. The molecule has 0 unspecified atom stereocenters. The minimum atomic E-state index is 0.930. The fraction of sp³-hybridized carbons (Fsp3) is 0.333. The summed E-state index contributed by atoms with van der Waals surface area (Å²) in [5.41, 5.74) is 5.15. The van der Waals surface area contributed by atoms with Gasteiger partial charge in [0.05, 0.1) is 0 Å². The van der Waals surface area contributed by atoms with Crippen molar-refractivity contribution >= 4 is 15.9 Å². The number of halogens is 1. The third-order valence-corrected chi connectivity index (χ3v) is 1.20. The van der Waals surface area contributed by atoms with Gasteiger partial charge in [-0.1, -0.05) is 19.1 Å². The van der Waals surface area contributed by atoms with Crippen molar-refractivity contribution in [3.8, 4) is 0 Å². The Morgan fingerprint density at radius 2 is 2.38 bits per heavy atom. The zero-order valence-electron chi connectivity index (χ0n) is 4.89. The van der Waals surface area contributed by atoms with Gasteiger partial charge in [-0.3, -0.25) is 0 Å². The fourth-order valence-electron chi connectivity index (χ4n) is 0.286. The molecule has 2 heteroatoms. The molecule has 0 heterocycles. The fourth-order valence-corrected chi connectivity index (χ4v) is 0.473. The highest BCUT2D eigenvalue weighted by Crippen LogP contribution is 2.03. The summed E-state index contributed by atoms with van der Waals surface area (Å²) in [5.74, 6) is 0. The number of hydrogen-bond acceptors (Lipinski definition) is 1. The first-order valence-electron chi connectivity index (χ1n) is 2.55. The Bertz CT molecular complexity index is 105. The van der Waals surface area contributed by atoms with Gasteiger partial charge in [0.1, 0.15) is 0 Å². The quantitative estimate of drug-likeness (QED) is 0.641. The summed E-state index contributed by atoms with van der Waals surface area (Å²) in [6, 6.07) is 0. The Hall–Kier alpha value is -0.240. The second kappa shape index (κ2) is 4.91. The number of hydrogen-bond donors (Lipinski definition) is 1. The van der Waals surface area contributed by atoms with Gasteiger partial charge < -0.3 is 5.73 Å². The van der Waals surface area contributed by atoms with Crippen molar-refractivity contribution in [2.45, 2.75) is 13.3 Å². The van der Waals surface area contributed by atoms with Gasteiger partial charge in [0.2, 0.25) is 0 Å². The molecular weight excluding hydrogens is 166 g/mol. The molecule has 2 N–H and O–H groups in total. The maximum Gasteiger partial charge on any atom is 0.0326 e. The SMILES string of the molecule is CC/C=C\C(Br)=C/N. The first kappa shape index (κ1) is 7.76. The molecule has 0 aromatic carbocycles. The lowest BCUT2D eigenvalue weighted by Gasteiger charge is -1.81. The third-order valence-electron chi connectivity index (χ3n) is 0.672. The van der Waals surface area contributed by atoms with E-state index in [0.717, 1.165) is 10.9 Å². The molecule has 0 rings (SSSR count). The summed E-state index contributed by atoms with van der Waals surface area (Å²) in [6.45, 7) is 2.08. The molecular formula is C6H10BrN. The zero-order chi connectivity index (χ0) is 6.41. The first-order chi connectivity index (χ1) is 3.81. The summed E-state index contributed by atoms with van der Waals surface area (Å²) in [6.07, 6.45) is 6.53. The van der Waals surface area contributed by atoms with E-state index in [0.29, 0.717) is 0 Å². The van der Waals surface area contributed by atoms with Crippen molar-refractivity contribution in [1.29, 1.82) is 0 Å². The number of nitrogens with two attached hydrogens (primary N) is 1. The molecule has 46 valence electrons. The van der Waals surface area contributed by atoms with Crippen molar-refractivity contribution in [1.82, 2.24) is 0 Å². The lowest BCUT2D eigenvalue weighted by atomic mass is 10.4. The molecule has 8 heavy (non-hydrogen) atoms. The van der Waals surface area contributed by atoms with E-state index in [4.69, 9.17) is 5.73 Å². The highest BCUT2D eigenvalue weighted by Gasteiger charge is 1.75. The van der Waals surface area contributed by atoms with Gasteiger partial charge in [-0.15, -0.1) is 0 Å². The molecule has 0 atom stereocenters. The minimum absolute atomic E-state index is 0.930. The summed E-state index contributed by atoms with van der Waals surface area (Å²) in [4.78, 5) is 0. The predicted molar refractivity (Wildman–Crippen MR) is 40.6 cm³/mol. The van der Waals surface area contributed by atoms with E-state index in [9.17, 15) is 0 Å². The second-order valence-corrected chi connectivity index (χ2v) is 2.28. The van der Waals surface area contributed by atoms with Gasteiger partial charge in [-0.25, -0.2) is 0 Å². The Labute approximate surface area is 58.4 Å². The van der Waals surface area contributed by atoms with E-state index in [1.54, 1.807) is 0 Å². The Balaban J connectivity index is 3.53. The summed E-state index contributed by atoms with van der Waals surface area (Å²) >= 11 is 3.23. The molecule has 0 amide bonds. The van der Waals surface area contributed by atoms with Crippen LogP contribution in [0.25, 0.3) is 0 Å². The van der Waals surface area contributed by atoms with Crippen LogP contribution in [0.4, 0.5) is 0 Å². The van der Waals surface area contributed by atoms with E-state index in [-0.39, 0.29) is 0 Å². The Morgan fingerprint density at radius 1 is 1.75 bits per heavy atom. The second-order valence-electron chi connectivity index (χ2n) is 1.36. The molecule has 1 nitrogen and oxygen atoms in total. The van der Waals surface area contributed by atoms with Gasteiger partial charge in [-0.05, 0) is 22.4 Å². The molecule has 0 bridgehead atoms. The van der Waals surface area contributed by atoms with Crippen LogP contribution < -0.4 is 5.73 Å². The van der Waals surface area contributed by atoms with Crippen LogP contribution in [-0.2, 0) is 0 Å². The Morgan fingerprint density at radius 3 is 2.75 bits per heavy atom. The van der Waals surface area contributed by atoms with Crippen molar-refractivity contribution in [3.05, 3.63) is 22.8 Å². The maximum atomic E-state index is 5.15.